The third kappa shape index (κ3) is 7.63. The molecule has 6 nitrogen and oxygen atoms in total. The van der Waals surface area contributed by atoms with Crippen LogP contribution in [0, 0.1) is 0 Å². The molecule has 1 fully saturated rings. The fourth-order valence-corrected chi connectivity index (χ4v) is 4.72. The standard InChI is InChI=1S/C28H37ClN2O4/c1-20(2)35-24-16-15-22(17-25(24)34-3)27(28(33)30-23-13-9-4-5-10-14-23)31(26(32)18-29)19-21-11-7-6-8-12-21/h6-8,11-12,15-17,20,23,27H,4-5,9-10,13-14,18-19H2,1-3H3,(H,30,33)/t27-/m1/s1. The minimum absolute atomic E-state index is 0.0310. The van der Waals surface area contributed by atoms with Crippen molar-refractivity contribution in [2.75, 3.05) is 13.0 Å². The number of alkyl halides is 1. The average Bonchev–Trinajstić information content (AvgIpc) is 3.12. The van der Waals surface area contributed by atoms with Gasteiger partial charge in [0.1, 0.15) is 11.9 Å². The smallest absolute Gasteiger partial charge is 0.247 e. The van der Waals surface area contributed by atoms with Gasteiger partial charge in [-0.15, -0.1) is 11.6 Å². The van der Waals surface area contributed by atoms with E-state index in [1.807, 2.05) is 50.2 Å². The number of rotatable bonds is 10. The van der Waals surface area contributed by atoms with E-state index >= 15 is 0 Å². The summed E-state index contributed by atoms with van der Waals surface area (Å²) in [5.41, 5.74) is 1.57. The Hall–Kier alpha value is -2.73. The van der Waals surface area contributed by atoms with Crippen molar-refractivity contribution in [3.05, 3.63) is 59.7 Å². The van der Waals surface area contributed by atoms with Gasteiger partial charge < -0.3 is 19.7 Å². The number of amides is 2. The maximum absolute atomic E-state index is 13.8. The Kier molecular flexibility index (Phi) is 10.3. The molecule has 1 atom stereocenters. The van der Waals surface area contributed by atoms with E-state index in [0.717, 1.165) is 31.2 Å². The summed E-state index contributed by atoms with van der Waals surface area (Å²) in [6.07, 6.45) is 6.44. The third-order valence-electron chi connectivity index (χ3n) is 6.26. The Morgan fingerprint density at radius 2 is 1.71 bits per heavy atom. The van der Waals surface area contributed by atoms with Gasteiger partial charge in [-0.25, -0.2) is 0 Å². The number of nitrogens with zero attached hydrogens (tertiary/aromatic N) is 1. The zero-order valence-electron chi connectivity index (χ0n) is 21.0. The molecular weight excluding hydrogens is 464 g/mol. The lowest BCUT2D eigenvalue weighted by molar-refractivity contribution is -0.140. The summed E-state index contributed by atoms with van der Waals surface area (Å²) in [4.78, 5) is 28.5. The SMILES string of the molecule is COc1cc([C@H](C(=O)NC2CCCCCC2)N(Cc2ccccc2)C(=O)CCl)ccc1OC(C)C. The molecule has 1 saturated carbocycles. The van der Waals surface area contributed by atoms with Gasteiger partial charge in [0.25, 0.3) is 0 Å². The van der Waals surface area contributed by atoms with Gasteiger partial charge in [0.05, 0.1) is 13.2 Å². The molecule has 3 rings (SSSR count). The topological polar surface area (TPSA) is 67.9 Å². The van der Waals surface area contributed by atoms with Crippen molar-refractivity contribution in [2.45, 2.75) is 77.1 Å². The van der Waals surface area contributed by atoms with Crippen LogP contribution in [0.5, 0.6) is 11.5 Å². The lowest BCUT2D eigenvalue weighted by atomic mass is 10.0. The Morgan fingerprint density at radius 1 is 1.03 bits per heavy atom. The molecular formula is C28H37ClN2O4. The molecule has 0 aliphatic heterocycles. The first-order chi connectivity index (χ1) is 16.9. The summed E-state index contributed by atoms with van der Waals surface area (Å²) in [6.45, 7) is 4.15. The van der Waals surface area contributed by atoms with Gasteiger partial charge in [0, 0.05) is 12.6 Å². The number of methoxy groups -OCH3 is 1. The molecule has 2 aromatic carbocycles. The lowest BCUT2D eigenvalue weighted by Crippen LogP contribution is -2.46. The first-order valence-electron chi connectivity index (χ1n) is 12.5. The number of hydrogen-bond donors (Lipinski definition) is 1. The Bertz CT molecular complexity index is 959. The monoisotopic (exact) mass is 500 g/mol. The number of nitrogens with one attached hydrogen (secondary N) is 1. The second kappa shape index (κ2) is 13.4. The molecule has 0 unspecified atom stereocenters. The zero-order valence-corrected chi connectivity index (χ0v) is 21.7. The molecule has 2 amide bonds. The van der Waals surface area contributed by atoms with Gasteiger partial charge in [0.2, 0.25) is 11.8 Å². The molecule has 0 aromatic heterocycles. The first kappa shape index (κ1) is 26.9. The van der Waals surface area contributed by atoms with E-state index in [1.54, 1.807) is 24.1 Å². The highest BCUT2D eigenvalue weighted by Crippen LogP contribution is 2.34. The maximum Gasteiger partial charge on any atom is 0.247 e. The van der Waals surface area contributed by atoms with Crippen LogP contribution in [0.4, 0.5) is 0 Å². The highest BCUT2D eigenvalue weighted by atomic mass is 35.5. The summed E-state index contributed by atoms with van der Waals surface area (Å²) in [5.74, 6) is 0.379. The minimum Gasteiger partial charge on any atom is -0.493 e. The van der Waals surface area contributed by atoms with Crippen LogP contribution in [0.2, 0.25) is 0 Å². The van der Waals surface area contributed by atoms with Gasteiger partial charge >= 0.3 is 0 Å². The van der Waals surface area contributed by atoms with Crippen LogP contribution >= 0.6 is 11.6 Å². The number of halogens is 1. The molecule has 7 heteroatoms. The van der Waals surface area contributed by atoms with E-state index in [9.17, 15) is 9.59 Å². The van der Waals surface area contributed by atoms with Crippen molar-refractivity contribution in [2.24, 2.45) is 0 Å². The van der Waals surface area contributed by atoms with E-state index in [-0.39, 0.29) is 36.4 Å². The molecule has 0 heterocycles. The highest BCUT2D eigenvalue weighted by molar-refractivity contribution is 6.27. The van der Waals surface area contributed by atoms with Crippen LogP contribution in [0.15, 0.2) is 48.5 Å². The van der Waals surface area contributed by atoms with Crippen molar-refractivity contribution >= 4 is 23.4 Å². The van der Waals surface area contributed by atoms with Gasteiger partial charge in [-0.1, -0.05) is 62.1 Å². The third-order valence-corrected chi connectivity index (χ3v) is 6.49. The van der Waals surface area contributed by atoms with Crippen LogP contribution in [-0.4, -0.2) is 41.8 Å². The Labute approximate surface area is 213 Å². The van der Waals surface area contributed by atoms with Gasteiger partial charge in [-0.2, -0.15) is 0 Å². The molecule has 1 N–H and O–H groups in total. The number of benzene rings is 2. The second-order valence-corrected chi connectivity index (χ2v) is 9.58. The van der Waals surface area contributed by atoms with E-state index in [2.05, 4.69) is 5.32 Å². The van der Waals surface area contributed by atoms with Gasteiger partial charge in [0.15, 0.2) is 11.5 Å². The number of carbonyl (C=O) groups is 2. The largest absolute Gasteiger partial charge is 0.493 e. The van der Waals surface area contributed by atoms with Crippen LogP contribution in [-0.2, 0) is 16.1 Å². The van der Waals surface area contributed by atoms with Gasteiger partial charge in [-0.05, 0) is 49.9 Å². The van der Waals surface area contributed by atoms with E-state index < -0.39 is 6.04 Å². The maximum atomic E-state index is 13.8. The lowest BCUT2D eigenvalue weighted by Gasteiger charge is -2.32. The van der Waals surface area contributed by atoms with Crippen molar-refractivity contribution < 1.29 is 19.1 Å². The molecule has 1 aliphatic rings. The molecule has 0 bridgehead atoms. The summed E-state index contributed by atoms with van der Waals surface area (Å²) >= 11 is 6.04. The van der Waals surface area contributed by atoms with Crippen molar-refractivity contribution in [1.82, 2.24) is 10.2 Å². The highest BCUT2D eigenvalue weighted by Gasteiger charge is 2.33. The summed E-state index contributed by atoms with van der Waals surface area (Å²) in [6, 6.07) is 14.3. The predicted octanol–water partition coefficient (Wildman–Crippen LogP) is 5.63. The van der Waals surface area contributed by atoms with Crippen molar-refractivity contribution in [3.8, 4) is 11.5 Å². The Morgan fingerprint density at radius 3 is 2.31 bits per heavy atom. The molecule has 0 saturated heterocycles. The molecule has 190 valence electrons. The van der Waals surface area contributed by atoms with Crippen molar-refractivity contribution in [3.63, 3.8) is 0 Å². The second-order valence-electron chi connectivity index (χ2n) is 9.32. The quantitative estimate of drug-likeness (QED) is 0.339. The van der Waals surface area contributed by atoms with E-state index in [1.165, 1.54) is 12.8 Å². The molecule has 2 aromatic rings. The number of carbonyl (C=O) groups excluding carboxylic acids is 2. The molecule has 0 spiro atoms. The van der Waals surface area contributed by atoms with Crippen LogP contribution in [0.3, 0.4) is 0 Å². The van der Waals surface area contributed by atoms with E-state index in [4.69, 9.17) is 21.1 Å². The summed E-state index contributed by atoms with van der Waals surface area (Å²) in [5, 5.41) is 3.24. The fourth-order valence-electron chi connectivity index (χ4n) is 4.56. The van der Waals surface area contributed by atoms with Crippen molar-refractivity contribution in [1.29, 1.82) is 0 Å². The minimum atomic E-state index is -0.855. The number of ether oxygens (including phenoxy) is 2. The molecule has 1 aliphatic carbocycles. The summed E-state index contributed by atoms with van der Waals surface area (Å²) in [7, 11) is 1.57. The average molecular weight is 501 g/mol. The van der Waals surface area contributed by atoms with Crippen LogP contribution < -0.4 is 14.8 Å². The molecule has 35 heavy (non-hydrogen) atoms. The fraction of sp³-hybridized carbons (Fsp3) is 0.500. The predicted molar refractivity (Wildman–Crippen MR) is 139 cm³/mol. The van der Waals surface area contributed by atoms with Crippen LogP contribution in [0.25, 0.3) is 0 Å². The zero-order chi connectivity index (χ0) is 25.2. The first-order valence-corrected chi connectivity index (χ1v) is 13.0. The normalized spacial score (nSPS) is 15.2. The Balaban J connectivity index is 2.00. The van der Waals surface area contributed by atoms with E-state index in [0.29, 0.717) is 17.1 Å². The summed E-state index contributed by atoms with van der Waals surface area (Å²) < 4.78 is 11.4. The number of hydrogen-bond acceptors (Lipinski definition) is 4. The molecule has 0 radical (unpaired) electrons. The van der Waals surface area contributed by atoms with Crippen LogP contribution in [0.1, 0.15) is 69.5 Å². The van der Waals surface area contributed by atoms with Gasteiger partial charge in [-0.3, -0.25) is 9.59 Å².